The Morgan fingerprint density at radius 1 is 1.06 bits per heavy atom. The summed E-state index contributed by atoms with van der Waals surface area (Å²) in [4.78, 5) is 2.05. The van der Waals surface area contributed by atoms with Gasteiger partial charge in [0.15, 0.2) is 0 Å². The molecule has 2 rings (SSSR count). The van der Waals surface area contributed by atoms with Crippen molar-refractivity contribution in [3.8, 4) is 0 Å². The van der Waals surface area contributed by atoms with E-state index in [1.807, 2.05) is 31.1 Å². The van der Waals surface area contributed by atoms with Gasteiger partial charge in [-0.2, -0.15) is 0 Å². The van der Waals surface area contributed by atoms with Gasteiger partial charge in [-0.3, -0.25) is 10.7 Å². The molecular weight excluding hydrogens is 198 g/mol. The minimum absolute atomic E-state index is 0.0459. The highest BCUT2D eigenvalue weighted by Gasteiger charge is 2.11. The normalized spacial score (nSPS) is 13.2. The molecule has 84 valence electrons. The topological polar surface area (TPSA) is 41.3 Å². The third-order valence-corrected chi connectivity index (χ3v) is 2.76. The first-order valence-electron chi connectivity index (χ1n) is 5.33. The highest BCUT2D eigenvalue weighted by atomic mass is 15.4. The highest BCUT2D eigenvalue weighted by molar-refractivity contribution is 5.83. The summed E-state index contributed by atoms with van der Waals surface area (Å²) in [5.41, 5.74) is 3.98. The molecular formula is C13H17N3. The van der Waals surface area contributed by atoms with Crippen LogP contribution in [0.5, 0.6) is 0 Å². The second-order valence-electron chi connectivity index (χ2n) is 4.14. The Labute approximate surface area is 95.8 Å². The highest BCUT2D eigenvalue weighted by Crippen LogP contribution is 2.20. The molecule has 2 aromatic rings. The molecule has 0 heterocycles. The molecule has 3 N–H and O–H groups in total. The summed E-state index contributed by atoms with van der Waals surface area (Å²) in [7, 11) is 4.00. The summed E-state index contributed by atoms with van der Waals surface area (Å²) < 4.78 is 0. The molecule has 0 fully saturated rings. The van der Waals surface area contributed by atoms with Crippen LogP contribution >= 0.6 is 0 Å². The van der Waals surface area contributed by atoms with Gasteiger partial charge in [0.25, 0.3) is 0 Å². The van der Waals surface area contributed by atoms with E-state index in [1.165, 1.54) is 16.3 Å². The van der Waals surface area contributed by atoms with Gasteiger partial charge in [-0.05, 0) is 36.5 Å². The average molecular weight is 215 g/mol. The molecule has 0 spiro atoms. The molecule has 0 amide bonds. The number of nitrogens with two attached hydrogens (primary N) is 1. The van der Waals surface area contributed by atoms with Crippen LogP contribution in [0.1, 0.15) is 11.7 Å². The van der Waals surface area contributed by atoms with E-state index < -0.39 is 0 Å². The van der Waals surface area contributed by atoms with Gasteiger partial charge in [0, 0.05) is 0 Å². The summed E-state index contributed by atoms with van der Waals surface area (Å²) in [6.07, 6.45) is 0.0459. The molecule has 2 aromatic carbocycles. The van der Waals surface area contributed by atoms with Crippen LogP contribution in [-0.4, -0.2) is 19.0 Å². The smallest absolute Gasteiger partial charge is 0.0981 e. The Bertz CT molecular complexity index is 479. The third kappa shape index (κ3) is 2.07. The fourth-order valence-corrected chi connectivity index (χ4v) is 1.92. The molecule has 3 heteroatoms. The first-order valence-corrected chi connectivity index (χ1v) is 5.33. The van der Waals surface area contributed by atoms with Crippen molar-refractivity contribution in [2.24, 2.45) is 5.84 Å². The largest absolute Gasteiger partial charge is 0.289 e. The van der Waals surface area contributed by atoms with Crippen LogP contribution in [0.25, 0.3) is 10.8 Å². The van der Waals surface area contributed by atoms with E-state index in [1.54, 1.807) is 0 Å². The maximum Gasteiger partial charge on any atom is 0.0981 e. The maximum atomic E-state index is 5.56. The number of hydrogen-bond donors (Lipinski definition) is 2. The van der Waals surface area contributed by atoms with E-state index in [9.17, 15) is 0 Å². The van der Waals surface area contributed by atoms with Gasteiger partial charge >= 0.3 is 0 Å². The van der Waals surface area contributed by atoms with Crippen LogP contribution in [0.2, 0.25) is 0 Å². The van der Waals surface area contributed by atoms with Gasteiger partial charge in [0.2, 0.25) is 0 Å². The molecule has 0 saturated heterocycles. The van der Waals surface area contributed by atoms with Crippen molar-refractivity contribution in [2.45, 2.75) is 6.17 Å². The molecule has 0 aliphatic heterocycles. The zero-order valence-electron chi connectivity index (χ0n) is 9.64. The maximum absolute atomic E-state index is 5.56. The van der Waals surface area contributed by atoms with Gasteiger partial charge in [0.05, 0.1) is 6.17 Å². The van der Waals surface area contributed by atoms with Crippen LogP contribution in [-0.2, 0) is 0 Å². The molecule has 0 aliphatic carbocycles. The quantitative estimate of drug-likeness (QED) is 0.466. The van der Waals surface area contributed by atoms with E-state index in [4.69, 9.17) is 5.84 Å². The van der Waals surface area contributed by atoms with Crippen molar-refractivity contribution < 1.29 is 0 Å². The third-order valence-electron chi connectivity index (χ3n) is 2.76. The van der Waals surface area contributed by atoms with Crippen molar-refractivity contribution in [3.63, 3.8) is 0 Å². The molecule has 0 bridgehead atoms. The van der Waals surface area contributed by atoms with E-state index in [-0.39, 0.29) is 6.17 Å². The first kappa shape index (κ1) is 11.1. The Hall–Kier alpha value is -1.42. The average Bonchev–Trinajstić information content (AvgIpc) is 2.29. The number of hydrazine groups is 1. The lowest BCUT2D eigenvalue weighted by Crippen LogP contribution is -2.37. The van der Waals surface area contributed by atoms with Crippen molar-refractivity contribution >= 4 is 10.8 Å². The van der Waals surface area contributed by atoms with Gasteiger partial charge in [0.1, 0.15) is 0 Å². The first-order chi connectivity index (χ1) is 7.72. The minimum atomic E-state index is 0.0459. The number of nitrogens with zero attached hydrogens (tertiary/aromatic N) is 1. The fraction of sp³-hybridized carbons (Fsp3) is 0.231. The zero-order chi connectivity index (χ0) is 11.5. The van der Waals surface area contributed by atoms with Crippen LogP contribution in [0.15, 0.2) is 42.5 Å². The van der Waals surface area contributed by atoms with E-state index in [0.29, 0.717) is 0 Å². The molecule has 0 aromatic heterocycles. The van der Waals surface area contributed by atoms with E-state index in [2.05, 4.69) is 35.8 Å². The molecule has 0 aliphatic rings. The van der Waals surface area contributed by atoms with Gasteiger partial charge in [-0.15, -0.1) is 0 Å². The number of benzene rings is 2. The number of nitrogens with one attached hydrogen (secondary N) is 1. The second-order valence-corrected chi connectivity index (χ2v) is 4.14. The Morgan fingerprint density at radius 2 is 1.75 bits per heavy atom. The predicted octanol–water partition coefficient (Wildman–Crippen LogP) is 1.86. The molecule has 1 unspecified atom stereocenters. The van der Waals surface area contributed by atoms with Crippen LogP contribution < -0.4 is 11.3 Å². The van der Waals surface area contributed by atoms with Crippen LogP contribution in [0.3, 0.4) is 0 Å². The molecule has 0 saturated carbocycles. The van der Waals surface area contributed by atoms with Crippen molar-refractivity contribution in [1.82, 2.24) is 10.3 Å². The lowest BCUT2D eigenvalue weighted by Gasteiger charge is -2.23. The zero-order valence-corrected chi connectivity index (χ0v) is 9.64. The van der Waals surface area contributed by atoms with Crippen molar-refractivity contribution in [1.29, 1.82) is 0 Å². The molecule has 16 heavy (non-hydrogen) atoms. The standard InChI is InChI=1S/C13H17N3/c1-16(2)13(15-14)12-8-7-10-5-3-4-6-11(10)9-12/h3-9,13,15H,14H2,1-2H3. The van der Waals surface area contributed by atoms with Crippen LogP contribution in [0, 0.1) is 0 Å². The summed E-state index contributed by atoms with van der Waals surface area (Å²) >= 11 is 0. The number of rotatable bonds is 3. The Kier molecular flexibility index (Phi) is 3.19. The van der Waals surface area contributed by atoms with Gasteiger partial charge in [-0.1, -0.05) is 36.4 Å². The summed E-state index contributed by atoms with van der Waals surface area (Å²) in [6.45, 7) is 0. The summed E-state index contributed by atoms with van der Waals surface area (Å²) in [5, 5.41) is 2.49. The lowest BCUT2D eigenvalue weighted by atomic mass is 10.1. The molecule has 3 nitrogen and oxygen atoms in total. The minimum Gasteiger partial charge on any atom is -0.289 e. The Morgan fingerprint density at radius 3 is 2.38 bits per heavy atom. The van der Waals surface area contributed by atoms with Gasteiger partial charge < -0.3 is 0 Å². The SMILES string of the molecule is CN(C)C(NN)c1ccc2ccccc2c1. The van der Waals surface area contributed by atoms with Gasteiger partial charge in [-0.25, -0.2) is 5.43 Å². The predicted molar refractivity (Wildman–Crippen MR) is 67.7 cm³/mol. The monoisotopic (exact) mass is 215 g/mol. The summed E-state index contributed by atoms with van der Waals surface area (Å²) in [5.74, 6) is 5.56. The van der Waals surface area contributed by atoms with Crippen LogP contribution in [0.4, 0.5) is 0 Å². The summed E-state index contributed by atoms with van der Waals surface area (Å²) in [6, 6.07) is 14.7. The van der Waals surface area contributed by atoms with Crippen molar-refractivity contribution in [2.75, 3.05) is 14.1 Å². The Balaban J connectivity index is 2.45. The number of fused-ring (bicyclic) bond motifs is 1. The molecule has 0 radical (unpaired) electrons. The lowest BCUT2D eigenvalue weighted by molar-refractivity contribution is 0.253. The van der Waals surface area contributed by atoms with Crippen molar-refractivity contribution in [3.05, 3.63) is 48.0 Å². The molecule has 1 atom stereocenters. The second kappa shape index (κ2) is 4.61. The van der Waals surface area contributed by atoms with E-state index in [0.717, 1.165) is 0 Å². The fourth-order valence-electron chi connectivity index (χ4n) is 1.92. The number of hydrogen-bond acceptors (Lipinski definition) is 3. The van der Waals surface area contributed by atoms with E-state index >= 15 is 0 Å².